The molecule has 0 unspecified atom stereocenters. The van der Waals surface area contributed by atoms with Crippen LogP contribution in [0.4, 0.5) is 0 Å². The van der Waals surface area contributed by atoms with E-state index in [-0.39, 0.29) is 11.1 Å². The molecule has 0 saturated heterocycles. The number of benzene rings is 2. The minimum Gasteiger partial charge on any atom is -0.478 e. The molecular weight excluding hydrogens is 256 g/mol. The van der Waals surface area contributed by atoms with Gasteiger partial charge in [0.25, 0.3) is 5.56 Å². The Bertz CT molecular complexity index is 868. The summed E-state index contributed by atoms with van der Waals surface area (Å²) in [5, 5.41) is 14.4. The van der Waals surface area contributed by atoms with Gasteiger partial charge in [0.2, 0.25) is 0 Å². The van der Waals surface area contributed by atoms with Crippen molar-refractivity contribution in [2.45, 2.75) is 0 Å². The van der Waals surface area contributed by atoms with Gasteiger partial charge in [-0.25, -0.2) is 4.79 Å². The number of hydrogen-bond acceptors (Lipinski definition) is 3. The Morgan fingerprint density at radius 2 is 1.90 bits per heavy atom. The second kappa shape index (κ2) is 4.62. The summed E-state index contributed by atoms with van der Waals surface area (Å²) in [4.78, 5) is 23.3. The van der Waals surface area contributed by atoms with E-state index >= 15 is 0 Å². The maximum Gasteiger partial charge on any atom is 0.335 e. The Morgan fingerprint density at radius 3 is 2.70 bits per heavy atom. The van der Waals surface area contributed by atoms with Gasteiger partial charge in [0.05, 0.1) is 22.8 Å². The number of nitrogens with zero attached hydrogens (tertiary/aromatic N) is 2. The lowest BCUT2D eigenvalue weighted by Crippen LogP contribution is -2.21. The van der Waals surface area contributed by atoms with Gasteiger partial charge >= 0.3 is 5.97 Å². The molecule has 0 aliphatic rings. The number of rotatable bonds is 2. The maximum atomic E-state index is 12.4. The van der Waals surface area contributed by atoms with Gasteiger partial charge in [0.15, 0.2) is 0 Å². The van der Waals surface area contributed by atoms with Crippen molar-refractivity contribution in [3.8, 4) is 5.69 Å². The van der Waals surface area contributed by atoms with E-state index in [1.54, 1.807) is 30.5 Å². The molecule has 1 N–H and O–H groups in total. The first-order valence-corrected chi connectivity index (χ1v) is 5.97. The third kappa shape index (κ3) is 1.95. The molecule has 0 amide bonds. The van der Waals surface area contributed by atoms with Crippen molar-refractivity contribution in [3.63, 3.8) is 0 Å². The van der Waals surface area contributed by atoms with Crippen LogP contribution in [0.5, 0.6) is 0 Å². The predicted octanol–water partition coefficient (Wildman–Crippen LogP) is 2.08. The maximum absolute atomic E-state index is 12.4. The van der Waals surface area contributed by atoms with Gasteiger partial charge in [0, 0.05) is 5.39 Å². The van der Waals surface area contributed by atoms with Gasteiger partial charge < -0.3 is 5.11 Å². The van der Waals surface area contributed by atoms with Crippen LogP contribution in [-0.2, 0) is 0 Å². The average molecular weight is 266 g/mol. The lowest BCUT2D eigenvalue weighted by atomic mass is 10.2. The second-order valence-corrected chi connectivity index (χ2v) is 4.30. The first kappa shape index (κ1) is 12.1. The number of carbonyl (C=O) groups is 1. The Morgan fingerprint density at radius 1 is 1.10 bits per heavy atom. The fourth-order valence-corrected chi connectivity index (χ4v) is 2.05. The molecule has 0 atom stereocenters. The van der Waals surface area contributed by atoms with Gasteiger partial charge in [-0.3, -0.25) is 4.79 Å². The third-order valence-corrected chi connectivity index (χ3v) is 3.03. The molecule has 0 aliphatic carbocycles. The molecule has 0 spiro atoms. The summed E-state index contributed by atoms with van der Waals surface area (Å²) in [6.07, 6.45) is 1.59. The third-order valence-electron chi connectivity index (χ3n) is 3.03. The van der Waals surface area contributed by atoms with Crippen LogP contribution in [0, 0.1) is 0 Å². The van der Waals surface area contributed by atoms with E-state index in [2.05, 4.69) is 5.10 Å². The summed E-state index contributed by atoms with van der Waals surface area (Å²) < 4.78 is 1.20. The number of carboxylic acid groups (broad SMARTS) is 1. The van der Waals surface area contributed by atoms with Crippen LogP contribution in [0.2, 0.25) is 0 Å². The average Bonchev–Trinajstić information content (AvgIpc) is 2.48. The normalized spacial score (nSPS) is 10.6. The molecule has 2 aromatic carbocycles. The quantitative estimate of drug-likeness (QED) is 0.770. The number of carboxylic acids is 1. The van der Waals surface area contributed by atoms with Crippen LogP contribution < -0.4 is 5.56 Å². The highest BCUT2D eigenvalue weighted by molar-refractivity contribution is 5.88. The zero-order valence-electron chi connectivity index (χ0n) is 10.4. The Balaban J connectivity index is 2.25. The minimum atomic E-state index is -1.04. The molecule has 0 radical (unpaired) electrons. The standard InChI is InChI=1S/C15H10N2O3/c18-14-13-7-2-1-4-11(13)9-16-17(14)12-6-3-5-10(8-12)15(19)20/h1-9H,(H,19,20). The van der Waals surface area contributed by atoms with Crippen molar-refractivity contribution >= 4 is 16.7 Å². The van der Waals surface area contributed by atoms with E-state index in [1.807, 2.05) is 12.1 Å². The molecule has 0 bridgehead atoms. The smallest absolute Gasteiger partial charge is 0.335 e. The zero-order chi connectivity index (χ0) is 14.1. The fraction of sp³-hybridized carbons (Fsp3) is 0. The van der Waals surface area contributed by atoms with Crippen molar-refractivity contribution in [1.82, 2.24) is 9.78 Å². The van der Waals surface area contributed by atoms with Crippen LogP contribution in [0.3, 0.4) is 0 Å². The minimum absolute atomic E-state index is 0.115. The summed E-state index contributed by atoms with van der Waals surface area (Å²) in [5.41, 5.74) is 0.274. The molecule has 3 rings (SSSR count). The first-order chi connectivity index (χ1) is 9.66. The van der Waals surface area contributed by atoms with Crippen molar-refractivity contribution < 1.29 is 9.90 Å². The van der Waals surface area contributed by atoms with Crippen LogP contribution in [0.1, 0.15) is 10.4 Å². The number of aromatic carboxylic acids is 1. The fourth-order valence-electron chi connectivity index (χ4n) is 2.05. The molecule has 5 heteroatoms. The van der Waals surface area contributed by atoms with Gasteiger partial charge in [-0.2, -0.15) is 9.78 Å². The summed E-state index contributed by atoms with van der Waals surface area (Å²) in [6.45, 7) is 0. The molecule has 5 nitrogen and oxygen atoms in total. The van der Waals surface area contributed by atoms with Crippen molar-refractivity contribution in [2.75, 3.05) is 0 Å². The first-order valence-electron chi connectivity index (χ1n) is 5.97. The highest BCUT2D eigenvalue weighted by atomic mass is 16.4. The summed E-state index contributed by atoms with van der Waals surface area (Å²) >= 11 is 0. The lowest BCUT2D eigenvalue weighted by molar-refractivity contribution is 0.0697. The zero-order valence-corrected chi connectivity index (χ0v) is 10.4. The van der Waals surface area contributed by atoms with Gasteiger partial charge in [-0.05, 0) is 24.3 Å². The van der Waals surface area contributed by atoms with Crippen molar-refractivity contribution in [2.24, 2.45) is 0 Å². The molecule has 98 valence electrons. The molecule has 0 fully saturated rings. The van der Waals surface area contributed by atoms with E-state index in [0.29, 0.717) is 11.1 Å². The van der Waals surface area contributed by atoms with Gasteiger partial charge in [-0.1, -0.05) is 24.3 Å². The van der Waals surface area contributed by atoms with E-state index < -0.39 is 5.97 Å². The summed E-state index contributed by atoms with van der Waals surface area (Å²) in [5.74, 6) is -1.04. The molecule has 1 aromatic heterocycles. The predicted molar refractivity (Wildman–Crippen MR) is 74.3 cm³/mol. The Labute approximate surface area is 113 Å². The highest BCUT2D eigenvalue weighted by Gasteiger charge is 2.08. The molecule has 1 heterocycles. The number of hydrogen-bond donors (Lipinski definition) is 1. The SMILES string of the molecule is O=C(O)c1cccc(-n2ncc3ccccc3c2=O)c1. The molecule has 0 saturated carbocycles. The largest absolute Gasteiger partial charge is 0.478 e. The molecular formula is C15H10N2O3. The molecule has 3 aromatic rings. The topological polar surface area (TPSA) is 72.2 Å². The van der Waals surface area contributed by atoms with Crippen LogP contribution in [0.15, 0.2) is 59.5 Å². The summed E-state index contributed by atoms with van der Waals surface area (Å²) in [7, 11) is 0. The van der Waals surface area contributed by atoms with Crippen molar-refractivity contribution in [3.05, 3.63) is 70.6 Å². The lowest BCUT2D eigenvalue weighted by Gasteiger charge is -2.06. The van der Waals surface area contributed by atoms with Crippen LogP contribution >= 0.6 is 0 Å². The number of fused-ring (bicyclic) bond motifs is 1. The van der Waals surface area contributed by atoms with Crippen LogP contribution in [0.25, 0.3) is 16.5 Å². The molecule has 0 aliphatic heterocycles. The van der Waals surface area contributed by atoms with Crippen molar-refractivity contribution in [1.29, 1.82) is 0 Å². The summed E-state index contributed by atoms with van der Waals surface area (Å²) in [6, 6.07) is 13.3. The number of aromatic nitrogens is 2. The van der Waals surface area contributed by atoms with E-state index in [1.165, 1.54) is 16.8 Å². The van der Waals surface area contributed by atoms with Gasteiger partial charge in [0.1, 0.15) is 0 Å². The van der Waals surface area contributed by atoms with Crippen LogP contribution in [-0.4, -0.2) is 20.9 Å². The second-order valence-electron chi connectivity index (χ2n) is 4.30. The Hall–Kier alpha value is -2.95. The van der Waals surface area contributed by atoms with Gasteiger partial charge in [-0.15, -0.1) is 0 Å². The Kier molecular flexibility index (Phi) is 2.80. The van der Waals surface area contributed by atoms with E-state index in [9.17, 15) is 9.59 Å². The molecule has 20 heavy (non-hydrogen) atoms. The highest BCUT2D eigenvalue weighted by Crippen LogP contribution is 2.11. The van der Waals surface area contributed by atoms with E-state index in [4.69, 9.17) is 5.11 Å². The monoisotopic (exact) mass is 266 g/mol. The van der Waals surface area contributed by atoms with E-state index in [0.717, 1.165) is 5.39 Å².